The molecule has 0 saturated heterocycles. The highest BCUT2D eigenvalue weighted by Gasteiger charge is 1.94. The predicted octanol–water partition coefficient (Wildman–Crippen LogP) is 2.77. The summed E-state index contributed by atoms with van der Waals surface area (Å²) in [6.07, 6.45) is 10.6. The van der Waals surface area contributed by atoms with Gasteiger partial charge in [-0.1, -0.05) is 57.6 Å². The first-order valence-electron chi connectivity index (χ1n) is 10.3. The standard InChI is InChI=1S/C15H24O.C6H18N4/c1-2-3-4-5-6-7-8-9-14-10-12-15(16)13-11-14;7-1-3-9-5-6-10-4-2-8/h10-13,16H,2-9H2,1H3;9-10H,1-8H2. The number of unbranched alkanes of at least 4 members (excludes halogenated alkanes) is 6. The zero-order valence-corrected chi connectivity index (χ0v) is 16.8. The molecule has 26 heavy (non-hydrogen) atoms. The molecule has 1 rings (SSSR count). The summed E-state index contributed by atoms with van der Waals surface area (Å²) in [5, 5.41) is 15.5. The summed E-state index contributed by atoms with van der Waals surface area (Å²) in [5.41, 5.74) is 11.9. The number of aromatic hydroxyl groups is 1. The summed E-state index contributed by atoms with van der Waals surface area (Å²) in [6, 6.07) is 7.59. The summed E-state index contributed by atoms with van der Waals surface area (Å²) in [4.78, 5) is 0. The maximum atomic E-state index is 9.15. The van der Waals surface area contributed by atoms with E-state index >= 15 is 0 Å². The Hall–Kier alpha value is -1.14. The molecule has 1 aromatic rings. The number of rotatable bonds is 15. The number of phenols is 1. The van der Waals surface area contributed by atoms with E-state index < -0.39 is 0 Å². The van der Waals surface area contributed by atoms with E-state index in [0.29, 0.717) is 18.8 Å². The Balaban J connectivity index is 0.000000541. The van der Waals surface area contributed by atoms with Gasteiger partial charge in [-0.15, -0.1) is 0 Å². The normalized spacial score (nSPS) is 10.4. The lowest BCUT2D eigenvalue weighted by molar-refractivity contribution is 0.475. The van der Waals surface area contributed by atoms with Crippen molar-refractivity contribution in [3.8, 4) is 5.75 Å². The summed E-state index contributed by atoms with van der Waals surface area (Å²) < 4.78 is 0. The lowest BCUT2D eigenvalue weighted by atomic mass is 10.0. The van der Waals surface area contributed by atoms with E-state index in [1.54, 1.807) is 12.1 Å². The molecule has 0 radical (unpaired) electrons. The van der Waals surface area contributed by atoms with Crippen molar-refractivity contribution in [1.82, 2.24) is 10.6 Å². The second kappa shape index (κ2) is 20.2. The SMILES string of the molecule is CCCCCCCCCc1ccc(O)cc1.NCCNCCNCCN. The van der Waals surface area contributed by atoms with E-state index in [4.69, 9.17) is 16.6 Å². The minimum absolute atomic E-state index is 0.364. The van der Waals surface area contributed by atoms with E-state index in [1.165, 1.54) is 50.5 Å². The molecule has 0 aliphatic carbocycles. The van der Waals surface area contributed by atoms with E-state index in [9.17, 15) is 0 Å². The van der Waals surface area contributed by atoms with Crippen molar-refractivity contribution in [3.05, 3.63) is 29.8 Å². The minimum atomic E-state index is 0.364. The number of benzene rings is 1. The molecule has 1 aromatic carbocycles. The number of hydrogen-bond acceptors (Lipinski definition) is 5. The van der Waals surface area contributed by atoms with Gasteiger partial charge in [0.2, 0.25) is 0 Å². The molecule has 0 aromatic heterocycles. The summed E-state index contributed by atoms with van der Waals surface area (Å²) in [7, 11) is 0. The highest BCUT2D eigenvalue weighted by atomic mass is 16.3. The zero-order valence-electron chi connectivity index (χ0n) is 16.8. The summed E-state index contributed by atoms with van der Waals surface area (Å²) >= 11 is 0. The Morgan fingerprint density at radius 2 is 1.23 bits per heavy atom. The Labute approximate surface area is 160 Å². The zero-order chi connectivity index (χ0) is 19.3. The average Bonchev–Trinajstić information content (AvgIpc) is 2.66. The van der Waals surface area contributed by atoms with Crippen molar-refractivity contribution < 1.29 is 5.11 Å². The van der Waals surface area contributed by atoms with Crippen LogP contribution in [0.2, 0.25) is 0 Å². The van der Waals surface area contributed by atoms with E-state index in [2.05, 4.69) is 17.6 Å². The molecule has 0 amide bonds. The van der Waals surface area contributed by atoms with Gasteiger partial charge < -0.3 is 27.2 Å². The second-order valence-corrected chi connectivity index (χ2v) is 6.62. The van der Waals surface area contributed by atoms with Gasteiger partial charge in [-0.25, -0.2) is 0 Å². The summed E-state index contributed by atoms with van der Waals surface area (Å²) in [6.45, 7) is 7.39. The third kappa shape index (κ3) is 17.7. The van der Waals surface area contributed by atoms with Crippen LogP contribution in [0.25, 0.3) is 0 Å². The van der Waals surface area contributed by atoms with Crippen LogP contribution in [-0.2, 0) is 6.42 Å². The third-order valence-corrected chi connectivity index (χ3v) is 4.13. The topological polar surface area (TPSA) is 96.3 Å². The van der Waals surface area contributed by atoms with Crippen molar-refractivity contribution in [3.63, 3.8) is 0 Å². The van der Waals surface area contributed by atoms with Crippen LogP contribution in [0.4, 0.5) is 0 Å². The highest BCUT2D eigenvalue weighted by molar-refractivity contribution is 5.25. The molecule has 0 spiro atoms. The molecule has 0 saturated carbocycles. The van der Waals surface area contributed by atoms with Crippen LogP contribution >= 0.6 is 0 Å². The fraction of sp³-hybridized carbons (Fsp3) is 0.714. The molecule has 5 nitrogen and oxygen atoms in total. The van der Waals surface area contributed by atoms with Crippen molar-refractivity contribution in [2.75, 3.05) is 39.3 Å². The number of nitrogens with two attached hydrogens (primary N) is 2. The van der Waals surface area contributed by atoms with Gasteiger partial charge in [-0.3, -0.25) is 0 Å². The summed E-state index contributed by atoms with van der Waals surface area (Å²) in [5.74, 6) is 0.364. The largest absolute Gasteiger partial charge is 0.508 e. The highest BCUT2D eigenvalue weighted by Crippen LogP contribution is 2.13. The van der Waals surface area contributed by atoms with Crippen LogP contribution in [0.1, 0.15) is 57.4 Å². The molecule has 7 N–H and O–H groups in total. The number of nitrogens with one attached hydrogen (secondary N) is 2. The van der Waals surface area contributed by atoms with Gasteiger partial charge in [0, 0.05) is 39.3 Å². The maximum Gasteiger partial charge on any atom is 0.115 e. The Bertz CT molecular complexity index is 376. The van der Waals surface area contributed by atoms with E-state index in [-0.39, 0.29) is 0 Å². The van der Waals surface area contributed by atoms with Crippen molar-refractivity contribution in [1.29, 1.82) is 0 Å². The first kappa shape index (κ1) is 24.9. The molecule has 0 atom stereocenters. The van der Waals surface area contributed by atoms with Gasteiger partial charge in [-0.2, -0.15) is 0 Å². The molecular weight excluding hydrogens is 324 g/mol. The molecule has 152 valence electrons. The molecule has 5 heteroatoms. The average molecular weight is 367 g/mol. The van der Waals surface area contributed by atoms with Crippen molar-refractivity contribution >= 4 is 0 Å². The van der Waals surface area contributed by atoms with Gasteiger partial charge in [-0.05, 0) is 30.5 Å². The van der Waals surface area contributed by atoms with Gasteiger partial charge in [0.05, 0.1) is 0 Å². The van der Waals surface area contributed by atoms with Gasteiger partial charge >= 0.3 is 0 Å². The molecular formula is C21H42N4O. The first-order chi connectivity index (χ1) is 12.7. The van der Waals surface area contributed by atoms with Crippen LogP contribution in [0, 0.1) is 0 Å². The van der Waals surface area contributed by atoms with Crippen molar-refractivity contribution in [2.24, 2.45) is 11.5 Å². The lowest BCUT2D eigenvalue weighted by Crippen LogP contribution is -2.32. The Morgan fingerprint density at radius 1 is 0.731 bits per heavy atom. The second-order valence-electron chi connectivity index (χ2n) is 6.62. The molecule has 0 unspecified atom stereocenters. The van der Waals surface area contributed by atoms with E-state index in [0.717, 1.165) is 32.6 Å². The van der Waals surface area contributed by atoms with Crippen LogP contribution in [0.3, 0.4) is 0 Å². The van der Waals surface area contributed by atoms with E-state index in [1.807, 2.05) is 12.1 Å². The smallest absolute Gasteiger partial charge is 0.115 e. The first-order valence-corrected chi connectivity index (χ1v) is 10.3. The minimum Gasteiger partial charge on any atom is -0.508 e. The molecule has 0 aliphatic heterocycles. The Morgan fingerprint density at radius 3 is 1.73 bits per heavy atom. The van der Waals surface area contributed by atoms with Crippen LogP contribution < -0.4 is 22.1 Å². The molecule has 0 aliphatic rings. The fourth-order valence-electron chi connectivity index (χ4n) is 2.58. The van der Waals surface area contributed by atoms with Crippen LogP contribution in [0.5, 0.6) is 5.75 Å². The number of phenolic OH excluding ortho intramolecular Hbond substituents is 1. The quantitative estimate of drug-likeness (QED) is 0.308. The van der Waals surface area contributed by atoms with Gasteiger partial charge in [0.1, 0.15) is 5.75 Å². The Kier molecular flexibility index (Phi) is 19.3. The van der Waals surface area contributed by atoms with Crippen LogP contribution in [0.15, 0.2) is 24.3 Å². The maximum absolute atomic E-state index is 9.15. The number of hydrogen-bond donors (Lipinski definition) is 5. The van der Waals surface area contributed by atoms with Crippen LogP contribution in [-0.4, -0.2) is 44.4 Å². The molecule has 0 heterocycles. The molecule has 0 bridgehead atoms. The predicted molar refractivity (Wildman–Crippen MR) is 114 cm³/mol. The number of aryl methyl sites for hydroxylation is 1. The fourth-order valence-corrected chi connectivity index (χ4v) is 2.58. The third-order valence-electron chi connectivity index (χ3n) is 4.13. The van der Waals surface area contributed by atoms with Gasteiger partial charge in [0.25, 0.3) is 0 Å². The van der Waals surface area contributed by atoms with Crippen molar-refractivity contribution in [2.45, 2.75) is 58.3 Å². The molecule has 0 fully saturated rings. The van der Waals surface area contributed by atoms with Gasteiger partial charge in [0.15, 0.2) is 0 Å². The monoisotopic (exact) mass is 366 g/mol. The lowest BCUT2D eigenvalue weighted by Gasteiger charge is -2.03.